The van der Waals surface area contributed by atoms with Crippen LogP contribution in [0.3, 0.4) is 0 Å². The Hall–Kier alpha value is -1.51. The van der Waals surface area contributed by atoms with E-state index in [9.17, 15) is 92.3 Å². The van der Waals surface area contributed by atoms with Crippen LogP contribution in [0.1, 0.15) is 0 Å². The third kappa shape index (κ3) is 3.70. The van der Waals surface area contributed by atoms with Crippen molar-refractivity contribution in [3.05, 3.63) is 0 Å². The fourth-order valence-electron chi connectivity index (χ4n) is 1.44. The highest BCUT2D eigenvalue weighted by Gasteiger charge is 2.96. The highest BCUT2D eigenvalue weighted by Crippen LogP contribution is 2.64. The van der Waals surface area contributed by atoms with Crippen molar-refractivity contribution in [2.75, 3.05) is 0 Å². The molecule has 0 saturated heterocycles. The first-order valence-electron chi connectivity index (χ1n) is 6.15. The van der Waals surface area contributed by atoms with Crippen molar-refractivity contribution in [2.45, 2.75) is 54.1 Å². The molecule has 0 aromatic heterocycles. The molecule has 0 atom stereocenters. The Labute approximate surface area is 153 Å². The molecular weight excluding hydrogens is 521 g/mol. The Morgan fingerprint density at radius 3 is 0.774 bits per heavy atom. The van der Waals surface area contributed by atoms with Gasteiger partial charge in [-0.1, -0.05) is 0 Å². The van der Waals surface area contributed by atoms with E-state index in [0.717, 1.165) is 0 Å². The van der Waals surface area contributed by atoms with Gasteiger partial charge in [0.05, 0.1) is 0 Å². The van der Waals surface area contributed by atoms with Crippen LogP contribution in [0.25, 0.3) is 0 Å². The zero-order valence-corrected chi connectivity index (χ0v) is 12.9. The van der Waals surface area contributed by atoms with Crippen molar-refractivity contribution in [3.8, 4) is 0 Å². The van der Waals surface area contributed by atoms with Crippen LogP contribution in [0.2, 0.25) is 0 Å². The first-order chi connectivity index (χ1) is 12.9. The molecular formula is C9F21N. The largest absolute Gasteiger partial charge is 0.492 e. The SMILES string of the molecule is FN(C(F)(F)F)C(F)(F)C(F)(F)C(F)(F)C(F)(F)C(F)(F)C(F)(F)C(F)(F)C(F)(F)F. The second-order valence-corrected chi connectivity index (χ2v) is 5.23. The summed E-state index contributed by atoms with van der Waals surface area (Å²) in [5, 5.41) is -4.56. The van der Waals surface area contributed by atoms with Crippen LogP contribution in [-0.4, -0.2) is 59.2 Å². The second-order valence-electron chi connectivity index (χ2n) is 5.23. The molecule has 0 saturated carbocycles. The maximum atomic E-state index is 13.1. The van der Waals surface area contributed by atoms with Gasteiger partial charge >= 0.3 is 54.1 Å². The quantitative estimate of drug-likeness (QED) is 0.206. The molecule has 1 nitrogen and oxygen atoms in total. The molecule has 0 radical (unpaired) electrons. The van der Waals surface area contributed by atoms with Gasteiger partial charge in [-0.25, -0.2) is 0 Å². The minimum atomic E-state index is -9.09. The van der Waals surface area contributed by atoms with Gasteiger partial charge in [0, 0.05) is 5.12 Å². The van der Waals surface area contributed by atoms with Crippen LogP contribution in [0, 0.1) is 0 Å². The van der Waals surface area contributed by atoms with E-state index in [0.29, 0.717) is 0 Å². The highest BCUT2D eigenvalue weighted by atomic mass is 19.4. The third-order valence-corrected chi connectivity index (χ3v) is 3.17. The van der Waals surface area contributed by atoms with Crippen molar-refractivity contribution >= 4 is 0 Å². The lowest BCUT2D eigenvalue weighted by Crippen LogP contribution is -2.75. The van der Waals surface area contributed by atoms with E-state index >= 15 is 0 Å². The average Bonchev–Trinajstić information content (AvgIpc) is 2.50. The van der Waals surface area contributed by atoms with Gasteiger partial charge in [-0.3, -0.25) is 0 Å². The summed E-state index contributed by atoms with van der Waals surface area (Å²) in [6.07, 6.45) is -15.4. The normalized spacial score (nSPS) is 16.8. The number of rotatable bonds is 7. The topological polar surface area (TPSA) is 3.24 Å². The van der Waals surface area contributed by atoms with Crippen molar-refractivity contribution in [1.29, 1.82) is 0 Å². The summed E-state index contributed by atoms with van der Waals surface area (Å²) in [5.41, 5.74) is 0. The summed E-state index contributed by atoms with van der Waals surface area (Å²) in [7, 11) is 0. The summed E-state index contributed by atoms with van der Waals surface area (Å²) in [6, 6.07) is -8.32. The summed E-state index contributed by atoms with van der Waals surface area (Å²) < 4.78 is 263. The first kappa shape index (κ1) is 29.5. The van der Waals surface area contributed by atoms with Crippen LogP contribution < -0.4 is 0 Å². The van der Waals surface area contributed by atoms with Crippen LogP contribution in [-0.2, 0) is 0 Å². The maximum absolute atomic E-state index is 13.1. The zero-order valence-electron chi connectivity index (χ0n) is 12.9. The Balaban J connectivity index is 6.84. The zero-order chi connectivity index (χ0) is 26.1. The molecule has 0 aromatic carbocycles. The fraction of sp³-hybridized carbons (Fsp3) is 1.00. The molecule has 0 aliphatic rings. The lowest BCUT2D eigenvalue weighted by molar-refractivity contribution is -0.495. The third-order valence-electron chi connectivity index (χ3n) is 3.17. The average molecular weight is 521 g/mol. The Kier molecular flexibility index (Phi) is 6.65. The molecule has 0 heterocycles. The second kappa shape index (κ2) is 6.99. The number of hydrogen-bond acceptors (Lipinski definition) is 1. The minimum Gasteiger partial charge on any atom is -0.192 e. The Morgan fingerprint density at radius 1 is 0.323 bits per heavy atom. The summed E-state index contributed by atoms with van der Waals surface area (Å²) in [4.78, 5) is 0. The molecule has 0 rings (SSSR count). The van der Waals surface area contributed by atoms with E-state index in [4.69, 9.17) is 0 Å². The smallest absolute Gasteiger partial charge is 0.192 e. The lowest BCUT2D eigenvalue weighted by atomic mass is 9.90. The van der Waals surface area contributed by atoms with Gasteiger partial charge in [0.1, 0.15) is 0 Å². The van der Waals surface area contributed by atoms with E-state index in [1.54, 1.807) is 0 Å². The molecule has 31 heavy (non-hydrogen) atoms. The Morgan fingerprint density at radius 2 is 0.548 bits per heavy atom. The monoisotopic (exact) mass is 521 g/mol. The van der Waals surface area contributed by atoms with Gasteiger partial charge in [-0.15, -0.1) is 4.48 Å². The van der Waals surface area contributed by atoms with E-state index in [1.807, 2.05) is 0 Å². The van der Waals surface area contributed by atoms with E-state index < -0.39 is 59.2 Å². The van der Waals surface area contributed by atoms with E-state index in [-0.39, 0.29) is 0 Å². The molecule has 0 spiro atoms. The standard InChI is InChI=1S/C9F21N/c10-1(11,3(14,15)5(18,19)7(22,23)24)2(12,13)4(16,17)6(20,21)8(25,26)31(30)9(27,28)29. The lowest BCUT2D eigenvalue weighted by Gasteiger charge is -2.43. The molecule has 0 unspecified atom stereocenters. The van der Waals surface area contributed by atoms with Gasteiger partial charge in [-0.05, 0) is 0 Å². The van der Waals surface area contributed by atoms with Gasteiger partial charge < -0.3 is 0 Å². The number of alkyl halides is 20. The maximum Gasteiger partial charge on any atom is 0.492 e. The summed E-state index contributed by atoms with van der Waals surface area (Å²) in [6.45, 7) is 0. The van der Waals surface area contributed by atoms with Gasteiger partial charge in [0.15, 0.2) is 0 Å². The number of hydrogen-bond donors (Lipinski definition) is 0. The predicted molar refractivity (Wildman–Crippen MR) is 49.7 cm³/mol. The van der Waals surface area contributed by atoms with Crippen LogP contribution in [0.4, 0.5) is 92.3 Å². The molecule has 0 bridgehead atoms. The highest BCUT2D eigenvalue weighted by molar-refractivity contribution is 5.14. The van der Waals surface area contributed by atoms with Gasteiger partial charge in [0.2, 0.25) is 0 Å². The van der Waals surface area contributed by atoms with Crippen molar-refractivity contribution in [2.24, 2.45) is 0 Å². The fourth-order valence-corrected chi connectivity index (χ4v) is 1.44. The van der Waals surface area contributed by atoms with Crippen molar-refractivity contribution in [3.63, 3.8) is 0 Å². The predicted octanol–water partition coefficient (Wildman–Crippen LogP) is 6.66. The number of halogens is 21. The molecule has 0 aromatic rings. The van der Waals surface area contributed by atoms with Crippen LogP contribution in [0.15, 0.2) is 0 Å². The van der Waals surface area contributed by atoms with Gasteiger partial charge in [0.25, 0.3) is 0 Å². The van der Waals surface area contributed by atoms with Crippen molar-refractivity contribution in [1.82, 2.24) is 5.12 Å². The Bertz CT molecular complexity index is 651. The van der Waals surface area contributed by atoms with Crippen LogP contribution >= 0.6 is 0 Å². The van der Waals surface area contributed by atoms with Gasteiger partial charge in [-0.2, -0.15) is 87.8 Å². The number of nitrogens with zero attached hydrogens (tertiary/aromatic N) is 1. The van der Waals surface area contributed by atoms with Crippen molar-refractivity contribution < 1.29 is 92.3 Å². The molecule has 0 aliphatic carbocycles. The minimum absolute atomic E-state index is 4.56. The molecule has 22 heteroatoms. The molecule has 0 fully saturated rings. The molecule has 0 N–H and O–H groups in total. The molecule has 0 aliphatic heterocycles. The van der Waals surface area contributed by atoms with E-state index in [1.165, 1.54) is 0 Å². The molecule has 188 valence electrons. The molecule has 0 amide bonds. The first-order valence-corrected chi connectivity index (χ1v) is 6.15. The summed E-state index contributed by atoms with van der Waals surface area (Å²) >= 11 is 0. The summed E-state index contributed by atoms with van der Waals surface area (Å²) in [5.74, 6) is -53.1. The van der Waals surface area contributed by atoms with E-state index in [2.05, 4.69) is 0 Å². The van der Waals surface area contributed by atoms with Crippen LogP contribution in [0.5, 0.6) is 0 Å².